The van der Waals surface area contributed by atoms with E-state index in [9.17, 15) is 4.79 Å². The molecule has 0 aliphatic heterocycles. The molecule has 58 valence electrons. The van der Waals surface area contributed by atoms with E-state index in [0.717, 1.165) is 6.42 Å². The van der Waals surface area contributed by atoms with Crippen molar-refractivity contribution in [2.24, 2.45) is 4.99 Å². The summed E-state index contributed by atoms with van der Waals surface area (Å²) < 4.78 is 5.12. The molecule has 0 fully saturated rings. The lowest BCUT2D eigenvalue weighted by Gasteiger charge is -2.15. The van der Waals surface area contributed by atoms with Gasteiger partial charge in [-0.15, -0.1) is 0 Å². The summed E-state index contributed by atoms with van der Waals surface area (Å²) in [7, 11) is 0.693. The van der Waals surface area contributed by atoms with Gasteiger partial charge in [-0.25, -0.2) is 4.79 Å². The SMILES string of the molecule is CCC(N=C=O)C(C)O[SiH3]. The topological polar surface area (TPSA) is 38.7 Å². The fourth-order valence-electron chi connectivity index (χ4n) is 0.753. The highest BCUT2D eigenvalue weighted by Gasteiger charge is 2.11. The van der Waals surface area contributed by atoms with Gasteiger partial charge in [0, 0.05) is 0 Å². The van der Waals surface area contributed by atoms with Crippen molar-refractivity contribution in [2.75, 3.05) is 0 Å². The molecule has 2 unspecified atom stereocenters. The zero-order valence-corrected chi connectivity index (χ0v) is 8.63. The van der Waals surface area contributed by atoms with E-state index in [4.69, 9.17) is 4.43 Å². The average molecular weight is 159 g/mol. The fourth-order valence-corrected chi connectivity index (χ4v) is 1.07. The van der Waals surface area contributed by atoms with Gasteiger partial charge in [-0.3, -0.25) is 0 Å². The minimum Gasteiger partial charge on any atom is -0.423 e. The average Bonchev–Trinajstić information content (AvgIpc) is 1.99. The standard InChI is InChI=1S/C6H13NO2Si/c1-3-6(7-4-8)5(2)9-10/h5-6H,3H2,1-2,10H3. The van der Waals surface area contributed by atoms with Crippen molar-refractivity contribution in [1.29, 1.82) is 0 Å². The van der Waals surface area contributed by atoms with Crippen molar-refractivity contribution in [3.8, 4) is 0 Å². The van der Waals surface area contributed by atoms with Crippen LogP contribution in [0.1, 0.15) is 20.3 Å². The van der Waals surface area contributed by atoms with E-state index in [0.29, 0.717) is 10.5 Å². The Morgan fingerprint density at radius 2 is 2.40 bits per heavy atom. The third-order valence-corrected chi connectivity index (χ3v) is 2.29. The monoisotopic (exact) mass is 159 g/mol. The third kappa shape index (κ3) is 2.92. The molecule has 0 aromatic carbocycles. The molecule has 0 radical (unpaired) electrons. The minimum absolute atomic E-state index is 0.00463. The van der Waals surface area contributed by atoms with Crippen molar-refractivity contribution < 1.29 is 9.22 Å². The van der Waals surface area contributed by atoms with Gasteiger partial charge in [0.25, 0.3) is 0 Å². The van der Waals surface area contributed by atoms with E-state index in [1.165, 1.54) is 0 Å². The molecule has 4 heteroatoms. The number of aliphatic imine (C=N–C) groups is 1. The van der Waals surface area contributed by atoms with Gasteiger partial charge in [-0.2, -0.15) is 4.99 Å². The number of hydrogen-bond donors (Lipinski definition) is 0. The second kappa shape index (κ2) is 5.35. The van der Waals surface area contributed by atoms with Crippen molar-refractivity contribution in [3.63, 3.8) is 0 Å². The summed E-state index contributed by atoms with van der Waals surface area (Å²) in [6, 6.07) is -0.00463. The molecule has 0 N–H and O–H groups in total. The molecule has 0 aliphatic carbocycles. The maximum atomic E-state index is 9.86. The lowest BCUT2D eigenvalue weighted by molar-refractivity contribution is 0.206. The molecule has 0 amide bonds. The number of isocyanates is 1. The van der Waals surface area contributed by atoms with Crippen molar-refractivity contribution in [2.45, 2.75) is 32.4 Å². The normalized spacial score (nSPS) is 15.8. The lowest BCUT2D eigenvalue weighted by Crippen LogP contribution is -2.22. The first-order valence-corrected chi connectivity index (χ1v) is 4.17. The molecule has 0 saturated heterocycles. The van der Waals surface area contributed by atoms with Crippen LogP contribution in [-0.4, -0.2) is 28.7 Å². The lowest BCUT2D eigenvalue weighted by atomic mass is 10.1. The van der Waals surface area contributed by atoms with Gasteiger partial charge in [0.05, 0.1) is 12.1 Å². The summed E-state index contributed by atoms with van der Waals surface area (Å²) in [5.74, 6) is 0. The van der Waals surface area contributed by atoms with E-state index < -0.39 is 0 Å². The summed E-state index contributed by atoms with van der Waals surface area (Å²) in [6.07, 6.45) is 2.44. The molecule has 0 saturated carbocycles. The molecule has 10 heavy (non-hydrogen) atoms. The van der Waals surface area contributed by atoms with Crippen molar-refractivity contribution >= 4 is 16.6 Å². The number of nitrogens with zero attached hydrogens (tertiary/aromatic N) is 1. The van der Waals surface area contributed by atoms with Crippen LogP contribution >= 0.6 is 0 Å². The molecule has 0 spiro atoms. The Kier molecular flexibility index (Phi) is 5.11. The molecular weight excluding hydrogens is 146 g/mol. The first-order valence-electron chi connectivity index (χ1n) is 3.36. The predicted molar refractivity (Wildman–Crippen MR) is 42.7 cm³/mol. The maximum absolute atomic E-state index is 9.86. The van der Waals surface area contributed by atoms with Gasteiger partial charge in [0.1, 0.15) is 10.5 Å². The number of carbonyl (C=O) groups excluding carboxylic acids is 1. The van der Waals surface area contributed by atoms with Gasteiger partial charge in [0.15, 0.2) is 0 Å². The third-order valence-electron chi connectivity index (χ3n) is 1.55. The van der Waals surface area contributed by atoms with Gasteiger partial charge in [0.2, 0.25) is 6.08 Å². The Morgan fingerprint density at radius 3 is 2.70 bits per heavy atom. The van der Waals surface area contributed by atoms with Crippen LogP contribution in [0.2, 0.25) is 0 Å². The second-order valence-electron chi connectivity index (χ2n) is 2.14. The van der Waals surface area contributed by atoms with E-state index in [1.54, 1.807) is 6.08 Å². The summed E-state index contributed by atoms with van der Waals surface area (Å²) in [4.78, 5) is 13.5. The Balaban J connectivity index is 3.91. The smallest absolute Gasteiger partial charge is 0.235 e. The highest BCUT2D eigenvalue weighted by atomic mass is 28.2. The van der Waals surface area contributed by atoms with Crippen LogP contribution in [0, 0.1) is 0 Å². The van der Waals surface area contributed by atoms with Gasteiger partial charge in [-0.05, 0) is 13.3 Å². The largest absolute Gasteiger partial charge is 0.423 e. The number of hydrogen-bond acceptors (Lipinski definition) is 3. The van der Waals surface area contributed by atoms with E-state index in [-0.39, 0.29) is 12.1 Å². The molecular formula is C6H13NO2Si. The van der Waals surface area contributed by atoms with Gasteiger partial charge in [-0.1, -0.05) is 6.92 Å². The van der Waals surface area contributed by atoms with Crippen molar-refractivity contribution in [1.82, 2.24) is 0 Å². The Labute approximate surface area is 64.0 Å². The molecule has 0 rings (SSSR count). The zero-order valence-electron chi connectivity index (χ0n) is 6.63. The highest BCUT2D eigenvalue weighted by Crippen LogP contribution is 2.04. The summed E-state index contributed by atoms with van der Waals surface area (Å²) in [5.41, 5.74) is 0. The molecule has 3 nitrogen and oxygen atoms in total. The van der Waals surface area contributed by atoms with Crippen LogP contribution in [0.15, 0.2) is 4.99 Å². The minimum atomic E-state index is -0.00463. The summed E-state index contributed by atoms with van der Waals surface area (Å²) in [5, 5.41) is 0. The Hall–Kier alpha value is -0.443. The van der Waals surface area contributed by atoms with E-state index in [1.807, 2.05) is 13.8 Å². The fraction of sp³-hybridized carbons (Fsp3) is 0.833. The second-order valence-corrected chi connectivity index (χ2v) is 2.61. The van der Waals surface area contributed by atoms with E-state index >= 15 is 0 Å². The summed E-state index contributed by atoms with van der Waals surface area (Å²) in [6.45, 7) is 3.89. The van der Waals surface area contributed by atoms with Crippen LogP contribution in [-0.2, 0) is 9.22 Å². The molecule has 0 aromatic rings. The van der Waals surface area contributed by atoms with Crippen LogP contribution < -0.4 is 0 Å². The molecule has 2 atom stereocenters. The summed E-state index contributed by atoms with van der Waals surface area (Å²) >= 11 is 0. The number of rotatable bonds is 4. The molecule has 0 aliphatic rings. The van der Waals surface area contributed by atoms with Crippen LogP contribution in [0.5, 0.6) is 0 Å². The Morgan fingerprint density at radius 1 is 1.80 bits per heavy atom. The zero-order chi connectivity index (χ0) is 7.98. The first kappa shape index (κ1) is 9.56. The molecule has 0 bridgehead atoms. The van der Waals surface area contributed by atoms with E-state index in [2.05, 4.69) is 4.99 Å². The van der Waals surface area contributed by atoms with Crippen LogP contribution in [0.25, 0.3) is 0 Å². The predicted octanol–water partition coefficient (Wildman–Crippen LogP) is -0.214. The van der Waals surface area contributed by atoms with Crippen LogP contribution in [0.3, 0.4) is 0 Å². The maximum Gasteiger partial charge on any atom is 0.235 e. The van der Waals surface area contributed by atoms with Crippen LogP contribution in [0.4, 0.5) is 0 Å². The molecule has 0 aromatic heterocycles. The quantitative estimate of drug-likeness (QED) is 0.323. The van der Waals surface area contributed by atoms with Crippen molar-refractivity contribution in [3.05, 3.63) is 0 Å². The highest BCUT2D eigenvalue weighted by molar-refractivity contribution is 5.98. The first-order chi connectivity index (χ1) is 4.76. The Bertz CT molecular complexity index is 134. The van der Waals surface area contributed by atoms with Gasteiger partial charge >= 0.3 is 0 Å². The van der Waals surface area contributed by atoms with Gasteiger partial charge < -0.3 is 4.43 Å². The molecule has 0 heterocycles.